The molecule has 0 atom stereocenters. The van der Waals surface area contributed by atoms with Crippen molar-refractivity contribution in [2.24, 2.45) is 0 Å². The molecule has 0 spiro atoms. The Kier molecular flexibility index (Phi) is 26.5. The molecule has 0 bridgehead atoms. The Hall–Kier alpha value is 0.750. The number of hydrogen-bond acceptors (Lipinski definition) is 6. The van der Waals surface area contributed by atoms with Crippen LogP contribution in [-0.2, 0) is 28.8 Å². The summed E-state index contributed by atoms with van der Waals surface area (Å²) < 4.78 is 48.9. The molecular formula is C19H40NaO7S. The molecule has 1 N–H and O–H groups in total. The van der Waals surface area contributed by atoms with Gasteiger partial charge in [-0.1, -0.05) is 71.1 Å². The van der Waals surface area contributed by atoms with E-state index in [4.69, 9.17) is 18.8 Å². The Balaban J connectivity index is 0. The molecule has 0 aliphatic carbocycles. The van der Waals surface area contributed by atoms with Crippen molar-refractivity contribution in [3.05, 3.63) is 0 Å². The summed E-state index contributed by atoms with van der Waals surface area (Å²) >= 11 is 0. The molecule has 0 saturated heterocycles. The van der Waals surface area contributed by atoms with E-state index in [0.717, 1.165) is 13.0 Å². The van der Waals surface area contributed by atoms with E-state index >= 15 is 0 Å². The van der Waals surface area contributed by atoms with Gasteiger partial charge < -0.3 is 14.2 Å². The van der Waals surface area contributed by atoms with Crippen LogP contribution in [-0.4, -0.2) is 88.8 Å². The fraction of sp³-hybridized carbons (Fsp3) is 1.00. The maximum absolute atomic E-state index is 10.3. The molecule has 0 aliphatic heterocycles. The third-order valence-corrected chi connectivity index (χ3v) is 4.56. The van der Waals surface area contributed by atoms with Gasteiger partial charge in [-0.25, -0.2) is 4.18 Å². The van der Waals surface area contributed by atoms with Gasteiger partial charge in [0.2, 0.25) is 0 Å². The van der Waals surface area contributed by atoms with E-state index in [-0.39, 0.29) is 42.8 Å². The second kappa shape index (κ2) is 24.0. The molecule has 9 heteroatoms. The molecule has 0 aromatic rings. The first kappa shape index (κ1) is 30.9. The van der Waals surface area contributed by atoms with Crippen LogP contribution in [0.2, 0.25) is 0 Å². The minimum absolute atomic E-state index is 0. The third kappa shape index (κ3) is 29.0. The molecule has 165 valence electrons. The van der Waals surface area contributed by atoms with Crippen molar-refractivity contribution in [1.82, 2.24) is 0 Å². The normalized spacial score (nSPS) is 11.5. The summed E-state index contributed by atoms with van der Waals surface area (Å²) in [7, 11) is -4.38. The number of hydrogen-bond donors (Lipinski definition) is 1. The molecule has 0 amide bonds. The van der Waals surface area contributed by atoms with Gasteiger partial charge in [0.25, 0.3) is 0 Å². The molecule has 0 fully saturated rings. The Morgan fingerprint density at radius 3 is 1.36 bits per heavy atom. The molecule has 0 aliphatic rings. The van der Waals surface area contributed by atoms with Gasteiger partial charge in [-0.05, 0) is 6.42 Å². The number of rotatable bonds is 22. The van der Waals surface area contributed by atoms with Gasteiger partial charge in [-0.3, -0.25) is 4.55 Å². The Morgan fingerprint density at radius 2 is 0.929 bits per heavy atom. The van der Waals surface area contributed by atoms with Crippen LogP contribution in [0.3, 0.4) is 0 Å². The largest absolute Gasteiger partial charge is 0.397 e. The van der Waals surface area contributed by atoms with Gasteiger partial charge in [0.15, 0.2) is 0 Å². The van der Waals surface area contributed by atoms with Crippen LogP contribution in [0.5, 0.6) is 0 Å². The van der Waals surface area contributed by atoms with Gasteiger partial charge in [-0.2, -0.15) is 8.42 Å². The van der Waals surface area contributed by atoms with Gasteiger partial charge in [0.05, 0.1) is 39.6 Å². The molecule has 0 saturated carbocycles. The fourth-order valence-electron chi connectivity index (χ4n) is 2.61. The monoisotopic (exact) mass is 435 g/mol. The van der Waals surface area contributed by atoms with E-state index in [1.54, 1.807) is 0 Å². The zero-order chi connectivity index (χ0) is 20.1. The first-order chi connectivity index (χ1) is 13.1. The van der Waals surface area contributed by atoms with Gasteiger partial charge in [0.1, 0.15) is 0 Å². The molecule has 0 aromatic carbocycles. The van der Waals surface area contributed by atoms with Crippen LogP contribution in [0.25, 0.3) is 0 Å². The molecular weight excluding hydrogens is 395 g/mol. The van der Waals surface area contributed by atoms with E-state index in [9.17, 15) is 8.42 Å². The van der Waals surface area contributed by atoms with E-state index < -0.39 is 10.4 Å². The van der Waals surface area contributed by atoms with Crippen LogP contribution in [0.15, 0.2) is 0 Å². The van der Waals surface area contributed by atoms with Crippen molar-refractivity contribution in [2.75, 3.05) is 46.2 Å². The van der Waals surface area contributed by atoms with E-state index in [2.05, 4.69) is 11.1 Å². The maximum Gasteiger partial charge on any atom is 0.397 e. The zero-order valence-electron chi connectivity index (χ0n) is 18.0. The summed E-state index contributed by atoms with van der Waals surface area (Å²) in [6.07, 6.45) is 14.6. The minimum atomic E-state index is -4.38. The first-order valence-corrected chi connectivity index (χ1v) is 11.8. The van der Waals surface area contributed by atoms with E-state index in [0.29, 0.717) is 26.4 Å². The summed E-state index contributed by atoms with van der Waals surface area (Å²) in [6.45, 7) is 4.75. The quantitative estimate of drug-likeness (QED) is 0.157. The predicted octanol–water partition coefficient (Wildman–Crippen LogP) is 3.79. The summed E-state index contributed by atoms with van der Waals surface area (Å²) in [4.78, 5) is 0. The average Bonchev–Trinajstić information content (AvgIpc) is 2.62. The van der Waals surface area contributed by atoms with Gasteiger partial charge in [-0.15, -0.1) is 0 Å². The fourth-order valence-corrected chi connectivity index (χ4v) is 2.89. The molecule has 1 radical (unpaired) electrons. The van der Waals surface area contributed by atoms with Crippen LogP contribution >= 0.6 is 0 Å². The van der Waals surface area contributed by atoms with Crippen molar-refractivity contribution < 1.29 is 31.4 Å². The standard InChI is InChI=1S/C19H40O7S.Na/c1-2-3-4-5-6-7-8-9-10-11-12-13-23-14-15-24-16-17-25-18-19-26-27(20,21)22;/h2-19H2,1H3,(H,20,21,22);. The van der Waals surface area contributed by atoms with Crippen LogP contribution in [0.4, 0.5) is 0 Å². The Morgan fingerprint density at radius 1 is 0.571 bits per heavy atom. The van der Waals surface area contributed by atoms with Crippen molar-refractivity contribution in [2.45, 2.75) is 77.6 Å². The third-order valence-electron chi connectivity index (χ3n) is 4.10. The first-order valence-electron chi connectivity index (χ1n) is 10.4. The summed E-state index contributed by atoms with van der Waals surface area (Å²) in [5.41, 5.74) is 0. The van der Waals surface area contributed by atoms with Crippen molar-refractivity contribution in [1.29, 1.82) is 0 Å². The Labute approximate surface area is 194 Å². The maximum atomic E-state index is 10.3. The van der Waals surface area contributed by atoms with Crippen molar-refractivity contribution in [3.63, 3.8) is 0 Å². The van der Waals surface area contributed by atoms with Gasteiger partial charge in [0, 0.05) is 36.2 Å². The second-order valence-corrected chi connectivity index (χ2v) is 7.71. The average molecular weight is 436 g/mol. The topological polar surface area (TPSA) is 91.3 Å². The summed E-state index contributed by atoms with van der Waals surface area (Å²) in [6, 6.07) is 0. The smallest absolute Gasteiger partial charge is 0.379 e. The summed E-state index contributed by atoms with van der Waals surface area (Å²) in [5.74, 6) is 0. The Bertz CT molecular complexity index is 394. The number of unbranched alkanes of at least 4 members (excludes halogenated alkanes) is 10. The molecule has 7 nitrogen and oxygen atoms in total. The SMILES string of the molecule is CCCCCCCCCCCCCOCCOCCOCCOS(=O)(=O)O.[Na]. The van der Waals surface area contributed by atoms with E-state index in [1.807, 2.05) is 0 Å². The molecule has 0 aromatic heterocycles. The molecule has 0 heterocycles. The molecule has 28 heavy (non-hydrogen) atoms. The van der Waals surface area contributed by atoms with Crippen LogP contribution in [0.1, 0.15) is 77.6 Å². The van der Waals surface area contributed by atoms with Crippen molar-refractivity contribution in [3.8, 4) is 0 Å². The van der Waals surface area contributed by atoms with Crippen molar-refractivity contribution >= 4 is 40.0 Å². The van der Waals surface area contributed by atoms with Crippen LogP contribution in [0, 0.1) is 0 Å². The summed E-state index contributed by atoms with van der Waals surface area (Å²) in [5, 5.41) is 0. The molecule has 0 unspecified atom stereocenters. The second-order valence-electron chi connectivity index (χ2n) is 6.62. The van der Waals surface area contributed by atoms with E-state index in [1.165, 1.54) is 64.2 Å². The zero-order valence-corrected chi connectivity index (χ0v) is 20.8. The minimum Gasteiger partial charge on any atom is -0.379 e. The van der Waals surface area contributed by atoms with Crippen LogP contribution < -0.4 is 0 Å². The predicted molar refractivity (Wildman–Crippen MR) is 112 cm³/mol. The molecule has 0 rings (SSSR count). The van der Waals surface area contributed by atoms with Gasteiger partial charge >= 0.3 is 10.4 Å². The number of ether oxygens (including phenoxy) is 3.